The molecule has 3 N–H and O–H groups in total. The Morgan fingerprint density at radius 2 is 1.83 bits per heavy atom. The summed E-state index contributed by atoms with van der Waals surface area (Å²) in [6, 6.07) is 2.80. The maximum absolute atomic E-state index is 11.6. The molecule has 0 aromatic heterocycles. The molecule has 0 aliphatic rings. The van der Waals surface area contributed by atoms with E-state index >= 15 is 0 Å². The second kappa shape index (κ2) is 5.67. The highest BCUT2D eigenvalue weighted by Gasteiger charge is 2.14. The molecule has 0 saturated heterocycles. The number of phenols is 1. The van der Waals surface area contributed by atoms with Crippen molar-refractivity contribution >= 4 is 34.8 Å². The topological polar surface area (TPSA) is 61.4 Å². The Labute approximate surface area is 116 Å². The van der Waals surface area contributed by atoms with Crippen LogP contribution in [-0.4, -0.2) is 23.1 Å². The molecule has 6 heteroatoms. The molecule has 1 rings (SSSR count). The molecular weight excluding hydrogens is 275 g/mol. The van der Waals surface area contributed by atoms with Crippen molar-refractivity contribution in [3.8, 4) is 5.75 Å². The fourth-order valence-corrected chi connectivity index (χ4v) is 1.64. The second-order valence-electron chi connectivity index (χ2n) is 4.94. The van der Waals surface area contributed by atoms with Gasteiger partial charge in [-0.05, 0) is 26.8 Å². The highest BCUT2D eigenvalue weighted by Crippen LogP contribution is 2.33. The van der Waals surface area contributed by atoms with Gasteiger partial charge in [0.2, 0.25) is 5.91 Å². The number of aromatic hydroxyl groups is 1. The molecule has 0 heterocycles. The summed E-state index contributed by atoms with van der Waals surface area (Å²) >= 11 is 11.6. The predicted molar refractivity (Wildman–Crippen MR) is 74.5 cm³/mol. The van der Waals surface area contributed by atoms with Crippen molar-refractivity contribution in [1.29, 1.82) is 0 Å². The molecule has 1 aromatic carbocycles. The number of amides is 1. The van der Waals surface area contributed by atoms with Crippen LogP contribution < -0.4 is 10.6 Å². The number of phenolic OH excluding ortho intramolecular Hbond substituents is 1. The van der Waals surface area contributed by atoms with Crippen LogP contribution in [0.15, 0.2) is 12.1 Å². The minimum absolute atomic E-state index is 0.0444. The number of carbonyl (C=O) groups is 1. The summed E-state index contributed by atoms with van der Waals surface area (Å²) in [4.78, 5) is 11.6. The third kappa shape index (κ3) is 4.63. The van der Waals surface area contributed by atoms with Crippen molar-refractivity contribution in [1.82, 2.24) is 5.32 Å². The number of nitrogens with one attached hydrogen (secondary N) is 2. The van der Waals surface area contributed by atoms with Gasteiger partial charge in [0.15, 0.2) is 0 Å². The number of rotatable bonds is 3. The highest BCUT2D eigenvalue weighted by atomic mass is 35.5. The average Bonchev–Trinajstić information content (AvgIpc) is 2.19. The van der Waals surface area contributed by atoms with Gasteiger partial charge in [0.1, 0.15) is 5.75 Å². The molecule has 0 aliphatic heterocycles. The van der Waals surface area contributed by atoms with Gasteiger partial charge >= 0.3 is 0 Å². The highest BCUT2D eigenvalue weighted by molar-refractivity contribution is 6.42. The van der Waals surface area contributed by atoms with Crippen molar-refractivity contribution in [2.75, 3.05) is 11.9 Å². The third-order valence-electron chi connectivity index (χ3n) is 1.99. The van der Waals surface area contributed by atoms with Crippen LogP contribution in [-0.2, 0) is 4.79 Å². The van der Waals surface area contributed by atoms with Gasteiger partial charge in [-0.15, -0.1) is 0 Å². The largest absolute Gasteiger partial charge is 0.506 e. The van der Waals surface area contributed by atoms with Crippen molar-refractivity contribution in [2.45, 2.75) is 26.3 Å². The van der Waals surface area contributed by atoms with E-state index in [9.17, 15) is 9.90 Å². The van der Waals surface area contributed by atoms with Crippen LogP contribution in [0.25, 0.3) is 0 Å². The van der Waals surface area contributed by atoms with E-state index in [0.717, 1.165) is 0 Å². The van der Waals surface area contributed by atoms with E-state index in [1.807, 2.05) is 20.8 Å². The number of halogens is 2. The smallest absolute Gasteiger partial charge is 0.239 e. The molecule has 0 fully saturated rings. The Kier molecular flexibility index (Phi) is 4.71. The molecular formula is C12H16Cl2N2O2. The van der Waals surface area contributed by atoms with E-state index in [2.05, 4.69) is 10.6 Å². The van der Waals surface area contributed by atoms with Crippen molar-refractivity contribution in [2.24, 2.45) is 0 Å². The van der Waals surface area contributed by atoms with Crippen LogP contribution in [0.4, 0.5) is 5.69 Å². The molecule has 0 aliphatic carbocycles. The molecule has 0 atom stereocenters. The molecule has 0 saturated carbocycles. The molecule has 18 heavy (non-hydrogen) atoms. The van der Waals surface area contributed by atoms with E-state index in [4.69, 9.17) is 23.2 Å². The Morgan fingerprint density at radius 1 is 1.28 bits per heavy atom. The Hall–Kier alpha value is -1.13. The molecule has 0 bridgehead atoms. The van der Waals surface area contributed by atoms with Gasteiger partial charge in [-0.3, -0.25) is 4.79 Å². The number of hydrogen-bond acceptors (Lipinski definition) is 3. The van der Waals surface area contributed by atoms with Crippen LogP contribution in [0.1, 0.15) is 20.8 Å². The first-order chi connectivity index (χ1) is 8.19. The molecule has 0 radical (unpaired) electrons. The number of hydrogen-bond donors (Lipinski definition) is 3. The first-order valence-corrected chi connectivity index (χ1v) is 6.17. The van der Waals surface area contributed by atoms with Gasteiger partial charge in [0.05, 0.1) is 22.3 Å². The van der Waals surface area contributed by atoms with Crippen molar-refractivity contribution < 1.29 is 9.90 Å². The maximum atomic E-state index is 11.6. The Balaban J connectivity index is 2.64. The van der Waals surface area contributed by atoms with Gasteiger partial charge in [0, 0.05) is 11.6 Å². The third-order valence-corrected chi connectivity index (χ3v) is 2.71. The Morgan fingerprint density at radius 3 is 2.39 bits per heavy atom. The van der Waals surface area contributed by atoms with Gasteiger partial charge in [-0.1, -0.05) is 23.2 Å². The minimum atomic E-state index is -0.293. The van der Waals surface area contributed by atoms with E-state index in [1.165, 1.54) is 12.1 Å². The lowest BCUT2D eigenvalue weighted by Gasteiger charge is -2.20. The van der Waals surface area contributed by atoms with E-state index < -0.39 is 0 Å². The molecule has 4 nitrogen and oxygen atoms in total. The second-order valence-corrected chi connectivity index (χ2v) is 5.75. The van der Waals surface area contributed by atoms with Crippen LogP contribution in [0.5, 0.6) is 5.75 Å². The molecule has 1 amide bonds. The fourth-order valence-electron chi connectivity index (χ4n) is 1.32. The molecule has 0 unspecified atom stereocenters. The van der Waals surface area contributed by atoms with Crippen LogP contribution >= 0.6 is 23.2 Å². The standard InChI is InChI=1S/C12H16Cl2N2O2/c1-12(2,3)16-11(18)6-15-9-4-7(13)8(14)5-10(9)17/h4-5,15,17H,6H2,1-3H3,(H,16,18). The van der Waals surface area contributed by atoms with Crippen molar-refractivity contribution in [3.05, 3.63) is 22.2 Å². The predicted octanol–water partition coefficient (Wildman–Crippen LogP) is 3.03. The summed E-state index contributed by atoms with van der Waals surface area (Å²) in [7, 11) is 0. The first kappa shape index (κ1) is 14.9. The normalized spacial score (nSPS) is 11.2. The summed E-state index contributed by atoms with van der Waals surface area (Å²) in [5, 5.41) is 15.8. The zero-order valence-electron chi connectivity index (χ0n) is 10.5. The molecule has 100 valence electrons. The zero-order valence-corrected chi connectivity index (χ0v) is 12.0. The van der Waals surface area contributed by atoms with Gasteiger partial charge in [0.25, 0.3) is 0 Å². The van der Waals surface area contributed by atoms with E-state index in [-0.39, 0.29) is 28.8 Å². The first-order valence-electron chi connectivity index (χ1n) is 5.42. The monoisotopic (exact) mass is 290 g/mol. The van der Waals surface area contributed by atoms with Gasteiger partial charge in [-0.2, -0.15) is 0 Å². The maximum Gasteiger partial charge on any atom is 0.239 e. The summed E-state index contributed by atoms with van der Waals surface area (Å²) in [5.74, 6) is -0.221. The van der Waals surface area contributed by atoms with Crippen LogP contribution in [0.3, 0.4) is 0 Å². The molecule has 1 aromatic rings. The number of benzene rings is 1. The van der Waals surface area contributed by atoms with Gasteiger partial charge < -0.3 is 15.7 Å². The quantitative estimate of drug-likeness (QED) is 0.750. The summed E-state index contributed by atoms with van der Waals surface area (Å²) < 4.78 is 0. The fraction of sp³-hybridized carbons (Fsp3) is 0.417. The lowest BCUT2D eigenvalue weighted by atomic mass is 10.1. The summed E-state index contributed by atoms with van der Waals surface area (Å²) in [5.41, 5.74) is 0.0757. The van der Waals surface area contributed by atoms with Crippen molar-refractivity contribution in [3.63, 3.8) is 0 Å². The SMILES string of the molecule is CC(C)(C)NC(=O)CNc1cc(Cl)c(Cl)cc1O. The van der Waals surface area contributed by atoms with Crippen LogP contribution in [0.2, 0.25) is 10.0 Å². The Bertz CT molecular complexity index is 456. The summed E-state index contributed by atoms with van der Waals surface area (Å²) in [6.07, 6.45) is 0. The minimum Gasteiger partial charge on any atom is -0.506 e. The summed E-state index contributed by atoms with van der Waals surface area (Å²) in [6.45, 7) is 5.72. The van der Waals surface area contributed by atoms with E-state index in [0.29, 0.717) is 10.7 Å². The lowest BCUT2D eigenvalue weighted by molar-refractivity contribution is -0.120. The number of carbonyl (C=O) groups excluding carboxylic acids is 1. The molecule has 0 spiro atoms. The average molecular weight is 291 g/mol. The van der Waals surface area contributed by atoms with E-state index in [1.54, 1.807) is 0 Å². The lowest BCUT2D eigenvalue weighted by Crippen LogP contribution is -2.43. The zero-order chi connectivity index (χ0) is 13.9. The van der Waals surface area contributed by atoms with Gasteiger partial charge in [-0.25, -0.2) is 0 Å². The number of anilines is 1. The van der Waals surface area contributed by atoms with Crippen LogP contribution in [0, 0.1) is 0 Å².